The average Bonchev–Trinajstić information content (AvgIpc) is 3.33. The second-order valence-corrected chi connectivity index (χ2v) is 18.3. The van der Waals surface area contributed by atoms with Gasteiger partial charge in [0.1, 0.15) is 54.9 Å². The van der Waals surface area contributed by atoms with Crippen LogP contribution in [0.5, 0.6) is 0 Å². The van der Waals surface area contributed by atoms with Gasteiger partial charge in [0.05, 0.1) is 26.4 Å². The van der Waals surface area contributed by atoms with E-state index in [0.29, 0.717) is 13.0 Å². The second-order valence-electron chi connectivity index (χ2n) is 18.3. The van der Waals surface area contributed by atoms with Gasteiger partial charge in [-0.1, -0.05) is 152 Å². The van der Waals surface area contributed by atoms with Crippen molar-refractivity contribution in [2.24, 2.45) is 0 Å². The first-order chi connectivity index (χ1) is 33.1. The molecule has 14 nitrogen and oxygen atoms in total. The van der Waals surface area contributed by atoms with Gasteiger partial charge in [-0.3, -0.25) is 4.79 Å². The first-order valence-electron chi connectivity index (χ1n) is 26.4. The van der Waals surface area contributed by atoms with E-state index >= 15 is 0 Å². The van der Waals surface area contributed by atoms with Crippen molar-refractivity contribution in [1.29, 1.82) is 0 Å². The molecule has 0 bridgehead atoms. The number of aliphatic hydroxyl groups excluding tert-OH is 7. The third-order valence-electron chi connectivity index (χ3n) is 12.2. The van der Waals surface area contributed by atoms with E-state index in [1.807, 2.05) is 0 Å². The number of rotatable bonds is 41. The molecule has 2 fully saturated rings. The first kappa shape index (κ1) is 61.8. The summed E-state index contributed by atoms with van der Waals surface area (Å²) in [6.07, 6.45) is 32.8. The number of carbonyl (C=O) groups is 1. The van der Waals surface area contributed by atoms with E-state index in [2.05, 4.69) is 74.6 Å². The van der Waals surface area contributed by atoms with E-state index in [4.69, 9.17) is 28.4 Å². The van der Waals surface area contributed by atoms with Crippen molar-refractivity contribution in [3.8, 4) is 0 Å². The van der Waals surface area contributed by atoms with E-state index in [1.54, 1.807) is 0 Å². The fourth-order valence-corrected chi connectivity index (χ4v) is 7.90. The van der Waals surface area contributed by atoms with Crippen molar-refractivity contribution in [3.05, 3.63) is 60.8 Å². The summed E-state index contributed by atoms with van der Waals surface area (Å²) in [6.45, 7) is 3.57. The minimum atomic E-state index is -1.71. The lowest BCUT2D eigenvalue weighted by atomic mass is 9.98. The van der Waals surface area contributed by atoms with Gasteiger partial charge in [-0.2, -0.15) is 0 Å². The number of allylic oxidation sites excluding steroid dienone is 10. The normalized spacial score (nSPS) is 26.4. The third-order valence-corrected chi connectivity index (χ3v) is 12.2. The molecule has 0 spiro atoms. The molecule has 2 saturated heterocycles. The molecule has 68 heavy (non-hydrogen) atoms. The van der Waals surface area contributed by atoms with E-state index in [-0.39, 0.29) is 19.6 Å². The molecule has 0 aromatic carbocycles. The van der Waals surface area contributed by atoms with Crippen molar-refractivity contribution in [2.45, 2.75) is 242 Å². The molecule has 0 saturated carbocycles. The molecule has 2 heterocycles. The Morgan fingerprint density at radius 2 is 0.926 bits per heavy atom. The summed E-state index contributed by atoms with van der Waals surface area (Å²) in [7, 11) is 0. The maximum atomic E-state index is 13.0. The molecule has 0 aromatic heterocycles. The summed E-state index contributed by atoms with van der Waals surface area (Å²) >= 11 is 0. The van der Waals surface area contributed by atoms with Gasteiger partial charge in [-0.15, -0.1) is 0 Å². The van der Waals surface area contributed by atoms with Gasteiger partial charge in [0.2, 0.25) is 0 Å². The molecule has 0 aromatic rings. The van der Waals surface area contributed by atoms with E-state index in [1.165, 1.54) is 64.2 Å². The standard InChI is InChI=1S/C54H94O14/c1-3-5-7-9-11-13-15-17-19-20-21-22-23-24-26-28-30-32-34-36-38-63-40-43(66-46(56)37-35-33-31-29-27-25-18-16-14-12-10-8-6-4-2)41-64-53-52(62)50(60)48(58)45(68-53)42-65-54-51(61)49(59)47(57)44(39-55)67-54/h10-13,16-19,21-22,43-45,47-55,57-62H,3-9,14-15,20,23-42H2,1-2H3/b12-10-,13-11-,18-16-,19-17-,22-21-. The molecule has 11 atom stereocenters. The summed E-state index contributed by atoms with van der Waals surface area (Å²) < 4.78 is 34.3. The van der Waals surface area contributed by atoms with Gasteiger partial charge in [0.15, 0.2) is 12.6 Å². The number of unbranched alkanes of at least 4 members (excludes halogenated alkanes) is 17. The molecular formula is C54H94O14. The Morgan fingerprint density at radius 3 is 1.47 bits per heavy atom. The summed E-state index contributed by atoms with van der Waals surface area (Å²) in [4.78, 5) is 13.0. The highest BCUT2D eigenvalue weighted by molar-refractivity contribution is 5.69. The highest BCUT2D eigenvalue weighted by Gasteiger charge is 2.47. The smallest absolute Gasteiger partial charge is 0.306 e. The summed E-state index contributed by atoms with van der Waals surface area (Å²) in [6, 6.07) is 0. The number of aliphatic hydroxyl groups is 7. The van der Waals surface area contributed by atoms with Crippen LogP contribution in [0.1, 0.15) is 174 Å². The number of carbonyl (C=O) groups excluding carboxylic acids is 1. The molecule has 7 N–H and O–H groups in total. The van der Waals surface area contributed by atoms with Crippen molar-refractivity contribution >= 4 is 5.97 Å². The largest absolute Gasteiger partial charge is 0.457 e. The van der Waals surface area contributed by atoms with Gasteiger partial charge >= 0.3 is 5.97 Å². The average molecular weight is 967 g/mol. The third kappa shape index (κ3) is 28.5. The van der Waals surface area contributed by atoms with Gasteiger partial charge < -0.3 is 64.2 Å². The van der Waals surface area contributed by atoms with Crippen molar-refractivity contribution in [3.63, 3.8) is 0 Å². The Balaban J connectivity index is 1.76. The lowest BCUT2D eigenvalue weighted by Crippen LogP contribution is -2.61. The Hall–Kier alpha value is -2.31. The Kier molecular flexibility index (Phi) is 37.6. The molecule has 2 rings (SSSR count). The fraction of sp³-hybridized carbons (Fsp3) is 0.796. The summed E-state index contributed by atoms with van der Waals surface area (Å²) in [5.41, 5.74) is 0. The van der Waals surface area contributed by atoms with Crippen LogP contribution < -0.4 is 0 Å². The Labute approximate surface area is 409 Å². The van der Waals surface area contributed by atoms with E-state index in [0.717, 1.165) is 83.5 Å². The van der Waals surface area contributed by atoms with Crippen LogP contribution in [0.4, 0.5) is 0 Å². The van der Waals surface area contributed by atoms with Crippen LogP contribution >= 0.6 is 0 Å². The van der Waals surface area contributed by atoms with Crippen LogP contribution in [-0.2, 0) is 33.2 Å². The molecule has 0 radical (unpaired) electrons. The van der Waals surface area contributed by atoms with Crippen molar-refractivity contribution < 1.29 is 69.0 Å². The Bertz CT molecular complexity index is 1350. The second kappa shape index (κ2) is 41.3. The minimum absolute atomic E-state index is 0.0465. The minimum Gasteiger partial charge on any atom is -0.457 e. The zero-order valence-corrected chi connectivity index (χ0v) is 41.8. The number of ether oxygens (including phenoxy) is 6. The molecule has 11 unspecified atom stereocenters. The van der Waals surface area contributed by atoms with Gasteiger partial charge in [0.25, 0.3) is 0 Å². The van der Waals surface area contributed by atoms with Crippen LogP contribution in [0, 0.1) is 0 Å². The van der Waals surface area contributed by atoms with Gasteiger partial charge in [-0.25, -0.2) is 0 Å². The highest BCUT2D eigenvalue weighted by Crippen LogP contribution is 2.26. The number of hydrogen-bond donors (Lipinski definition) is 7. The fourth-order valence-electron chi connectivity index (χ4n) is 7.90. The molecule has 14 heteroatoms. The number of esters is 1. The molecule has 2 aliphatic heterocycles. The van der Waals surface area contributed by atoms with Crippen molar-refractivity contribution in [1.82, 2.24) is 0 Å². The van der Waals surface area contributed by atoms with Crippen LogP contribution in [-0.4, -0.2) is 142 Å². The van der Waals surface area contributed by atoms with E-state index in [9.17, 15) is 40.5 Å². The maximum absolute atomic E-state index is 13.0. The van der Waals surface area contributed by atoms with Crippen molar-refractivity contribution in [2.75, 3.05) is 33.0 Å². The summed E-state index contributed by atoms with van der Waals surface area (Å²) in [5.74, 6) is -0.396. The Morgan fingerprint density at radius 1 is 0.485 bits per heavy atom. The SMILES string of the molecule is CCCC/C=C\C/C=C\CCCCCCCC(=O)OC(COCCCCCCCCC/C=C\C/C=C\C/C=C\CCCCC)COC1OC(COC2OC(CO)C(O)C(O)C2O)C(O)C(O)C1O. The zero-order valence-electron chi connectivity index (χ0n) is 41.8. The molecule has 0 amide bonds. The van der Waals surface area contributed by atoms with Crippen LogP contribution in [0.15, 0.2) is 60.8 Å². The monoisotopic (exact) mass is 967 g/mol. The highest BCUT2D eigenvalue weighted by atomic mass is 16.7. The van der Waals surface area contributed by atoms with E-state index < -0.39 is 86.7 Å². The first-order valence-corrected chi connectivity index (χ1v) is 26.4. The van der Waals surface area contributed by atoms with Crippen LogP contribution in [0.2, 0.25) is 0 Å². The van der Waals surface area contributed by atoms with Crippen LogP contribution in [0.25, 0.3) is 0 Å². The predicted octanol–water partition coefficient (Wildman–Crippen LogP) is 8.13. The molecule has 394 valence electrons. The quantitative estimate of drug-likeness (QED) is 0.0175. The van der Waals surface area contributed by atoms with Gasteiger partial charge in [0, 0.05) is 13.0 Å². The molecular weight excluding hydrogens is 873 g/mol. The molecule has 2 aliphatic rings. The van der Waals surface area contributed by atoms with Crippen LogP contribution in [0.3, 0.4) is 0 Å². The number of hydrogen-bond acceptors (Lipinski definition) is 14. The lowest BCUT2D eigenvalue weighted by Gasteiger charge is -2.42. The van der Waals surface area contributed by atoms with Gasteiger partial charge in [-0.05, 0) is 77.0 Å². The topological polar surface area (TPSA) is 214 Å². The summed E-state index contributed by atoms with van der Waals surface area (Å²) in [5, 5.41) is 72.1. The predicted molar refractivity (Wildman–Crippen MR) is 266 cm³/mol. The lowest BCUT2D eigenvalue weighted by molar-refractivity contribution is -0.332. The molecule has 0 aliphatic carbocycles. The zero-order chi connectivity index (χ0) is 49.5. The maximum Gasteiger partial charge on any atom is 0.306 e.